The molecule has 1 fully saturated rings. The van der Waals surface area contributed by atoms with Crippen molar-refractivity contribution in [1.82, 2.24) is 14.7 Å². The van der Waals surface area contributed by atoms with Crippen LogP contribution in [0.25, 0.3) is 5.69 Å². The summed E-state index contributed by atoms with van der Waals surface area (Å²) in [5, 5.41) is 16.3. The van der Waals surface area contributed by atoms with Gasteiger partial charge in [0.25, 0.3) is 0 Å². The van der Waals surface area contributed by atoms with Crippen LogP contribution in [0.2, 0.25) is 5.02 Å². The molecular weight excluding hydrogens is 320 g/mol. The molecule has 0 saturated carbocycles. The highest BCUT2D eigenvalue weighted by atomic mass is 35.5. The number of rotatable bonds is 3. The Balaban J connectivity index is 1.68. The SMILES string of the molecule is O=C(O)C1CCN(C(=O)Nc2ccc(-n3cccn3)c(Cl)c2)C1. The maximum Gasteiger partial charge on any atom is 0.321 e. The summed E-state index contributed by atoms with van der Waals surface area (Å²) in [6.45, 7) is 0.655. The molecule has 1 unspecified atom stereocenters. The van der Waals surface area contributed by atoms with Gasteiger partial charge in [0.15, 0.2) is 0 Å². The average molecular weight is 335 g/mol. The summed E-state index contributed by atoms with van der Waals surface area (Å²) in [4.78, 5) is 24.6. The van der Waals surface area contributed by atoms with E-state index in [4.69, 9.17) is 16.7 Å². The van der Waals surface area contributed by atoms with Gasteiger partial charge in [0.05, 0.1) is 16.6 Å². The zero-order chi connectivity index (χ0) is 16.4. The molecule has 0 radical (unpaired) electrons. The van der Waals surface area contributed by atoms with E-state index in [1.807, 2.05) is 0 Å². The number of urea groups is 1. The second kappa shape index (κ2) is 6.29. The minimum atomic E-state index is -0.869. The molecule has 3 rings (SSSR count). The number of nitrogens with one attached hydrogen (secondary N) is 1. The molecule has 0 spiro atoms. The fraction of sp³-hybridized carbons (Fsp3) is 0.267. The first-order valence-electron chi connectivity index (χ1n) is 7.13. The summed E-state index contributed by atoms with van der Waals surface area (Å²) in [5.41, 5.74) is 1.26. The number of carboxylic acid groups (broad SMARTS) is 1. The van der Waals surface area contributed by atoms with Crippen LogP contribution in [0.5, 0.6) is 0 Å². The van der Waals surface area contributed by atoms with E-state index in [0.717, 1.165) is 0 Å². The molecule has 8 heteroatoms. The van der Waals surface area contributed by atoms with Gasteiger partial charge in [-0.05, 0) is 30.7 Å². The number of halogens is 1. The van der Waals surface area contributed by atoms with Crippen molar-refractivity contribution in [1.29, 1.82) is 0 Å². The molecule has 23 heavy (non-hydrogen) atoms. The largest absolute Gasteiger partial charge is 0.481 e. The van der Waals surface area contributed by atoms with E-state index in [-0.39, 0.29) is 12.6 Å². The molecule has 1 aromatic heterocycles. The molecule has 2 amide bonds. The van der Waals surface area contributed by atoms with Gasteiger partial charge in [-0.25, -0.2) is 9.48 Å². The van der Waals surface area contributed by atoms with Gasteiger partial charge in [-0.2, -0.15) is 5.10 Å². The predicted octanol–water partition coefficient (Wildman–Crippen LogP) is 2.46. The number of hydrogen-bond donors (Lipinski definition) is 2. The quantitative estimate of drug-likeness (QED) is 0.902. The lowest BCUT2D eigenvalue weighted by Gasteiger charge is -2.17. The Labute approximate surface area is 137 Å². The van der Waals surface area contributed by atoms with Crippen LogP contribution in [-0.2, 0) is 4.79 Å². The molecule has 2 aromatic rings. The maximum absolute atomic E-state index is 12.2. The van der Waals surface area contributed by atoms with Crippen molar-refractivity contribution in [2.45, 2.75) is 6.42 Å². The van der Waals surface area contributed by atoms with Crippen LogP contribution in [0, 0.1) is 5.92 Å². The van der Waals surface area contributed by atoms with Crippen molar-refractivity contribution in [3.63, 3.8) is 0 Å². The van der Waals surface area contributed by atoms with Gasteiger partial charge >= 0.3 is 12.0 Å². The fourth-order valence-corrected chi connectivity index (χ4v) is 2.80. The van der Waals surface area contributed by atoms with Crippen LogP contribution in [0.3, 0.4) is 0 Å². The Hall–Kier alpha value is -2.54. The maximum atomic E-state index is 12.2. The highest BCUT2D eigenvalue weighted by Crippen LogP contribution is 2.24. The Kier molecular flexibility index (Phi) is 4.20. The van der Waals surface area contributed by atoms with Crippen LogP contribution < -0.4 is 5.32 Å². The number of aliphatic carboxylic acids is 1. The predicted molar refractivity (Wildman–Crippen MR) is 84.9 cm³/mol. The van der Waals surface area contributed by atoms with Crippen molar-refractivity contribution in [2.75, 3.05) is 18.4 Å². The Morgan fingerprint density at radius 3 is 2.83 bits per heavy atom. The summed E-state index contributed by atoms with van der Waals surface area (Å²) in [6, 6.07) is 6.59. The number of anilines is 1. The van der Waals surface area contributed by atoms with Gasteiger partial charge in [0.1, 0.15) is 0 Å². The molecule has 1 saturated heterocycles. The number of carbonyl (C=O) groups is 2. The number of benzene rings is 1. The van der Waals surface area contributed by atoms with E-state index < -0.39 is 11.9 Å². The van der Waals surface area contributed by atoms with E-state index in [2.05, 4.69) is 10.4 Å². The zero-order valence-electron chi connectivity index (χ0n) is 12.1. The lowest BCUT2D eigenvalue weighted by molar-refractivity contribution is -0.141. The molecule has 7 nitrogen and oxygen atoms in total. The highest BCUT2D eigenvalue weighted by Gasteiger charge is 2.30. The summed E-state index contributed by atoms with van der Waals surface area (Å²) < 4.78 is 1.63. The number of likely N-dealkylation sites (tertiary alicyclic amines) is 1. The Morgan fingerprint density at radius 2 is 2.22 bits per heavy atom. The lowest BCUT2D eigenvalue weighted by Crippen LogP contribution is -2.33. The summed E-state index contributed by atoms with van der Waals surface area (Å²) in [6.07, 6.45) is 3.90. The smallest absolute Gasteiger partial charge is 0.321 e. The molecular formula is C15H15ClN4O3. The summed E-state index contributed by atoms with van der Waals surface area (Å²) in [5.74, 6) is -1.36. The van der Waals surface area contributed by atoms with E-state index in [1.165, 1.54) is 4.90 Å². The van der Waals surface area contributed by atoms with Crippen molar-refractivity contribution in [2.24, 2.45) is 5.92 Å². The first-order valence-corrected chi connectivity index (χ1v) is 7.50. The summed E-state index contributed by atoms with van der Waals surface area (Å²) >= 11 is 6.23. The van der Waals surface area contributed by atoms with Crippen LogP contribution in [-0.4, -0.2) is 44.9 Å². The molecule has 2 N–H and O–H groups in total. The number of carbonyl (C=O) groups excluding carboxylic acids is 1. The number of hydrogen-bond acceptors (Lipinski definition) is 3. The van der Waals surface area contributed by atoms with Crippen LogP contribution in [0.4, 0.5) is 10.5 Å². The van der Waals surface area contributed by atoms with Gasteiger partial charge < -0.3 is 15.3 Å². The third kappa shape index (κ3) is 3.29. The van der Waals surface area contributed by atoms with Gasteiger partial charge in [-0.3, -0.25) is 4.79 Å². The molecule has 1 aromatic carbocycles. The third-order valence-electron chi connectivity index (χ3n) is 3.77. The third-order valence-corrected chi connectivity index (χ3v) is 4.08. The van der Waals surface area contributed by atoms with Crippen LogP contribution in [0.1, 0.15) is 6.42 Å². The highest BCUT2D eigenvalue weighted by molar-refractivity contribution is 6.32. The molecule has 0 aliphatic carbocycles. The number of amides is 2. The van der Waals surface area contributed by atoms with E-state index in [0.29, 0.717) is 29.4 Å². The van der Waals surface area contributed by atoms with Crippen molar-refractivity contribution < 1.29 is 14.7 Å². The number of nitrogens with zero attached hydrogens (tertiary/aromatic N) is 3. The molecule has 1 aliphatic rings. The second-order valence-corrected chi connectivity index (χ2v) is 5.72. The number of aromatic nitrogens is 2. The van der Waals surface area contributed by atoms with E-state index in [1.54, 1.807) is 41.3 Å². The van der Waals surface area contributed by atoms with Gasteiger partial charge in [0, 0.05) is 31.2 Å². The fourth-order valence-electron chi connectivity index (χ4n) is 2.53. The average Bonchev–Trinajstić information content (AvgIpc) is 3.19. The minimum Gasteiger partial charge on any atom is -0.481 e. The monoisotopic (exact) mass is 334 g/mol. The lowest BCUT2D eigenvalue weighted by atomic mass is 10.1. The van der Waals surface area contributed by atoms with Crippen LogP contribution >= 0.6 is 11.6 Å². The standard InChI is InChI=1S/C15H15ClN4O3/c16-12-8-11(2-3-13(12)20-6-1-5-17-20)18-15(23)19-7-4-10(9-19)14(21)22/h1-3,5-6,8,10H,4,7,9H2,(H,18,23)(H,21,22). The van der Waals surface area contributed by atoms with Crippen molar-refractivity contribution in [3.05, 3.63) is 41.7 Å². The van der Waals surface area contributed by atoms with Gasteiger partial charge in [0.2, 0.25) is 0 Å². The van der Waals surface area contributed by atoms with Gasteiger partial charge in [-0.15, -0.1) is 0 Å². The molecule has 1 aliphatic heterocycles. The second-order valence-electron chi connectivity index (χ2n) is 5.32. The normalized spacial score (nSPS) is 17.3. The first kappa shape index (κ1) is 15.4. The Morgan fingerprint density at radius 1 is 1.39 bits per heavy atom. The molecule has 120 valence electrons. The number of carboxylic acids is 1. The van der Waals surface area contributed by atoms with Crippen molar-refractivity contribution in [3.8, 4) is 5.69 Å². The zero-order valence-corrected chi connectivity index (χ0v) is 12.9. The van der Waals surface area contributed by atoms with Gasteiger partial charge in [-0.1, -0.05) is 11.6 Å². The minimum absolute atomic E-state index is 0.222. The van der Waals surface area contributed by atoms with E-state index in [9.17, 15) is 9.59 Å². The molecule has 1 atom stereocenters. The first-order chi connectivity index (χ1) is 11.0. The van der Waals surface area contributed by atoms with E-state index >= 15 is 0 Å². The van der Waals surface area contributed by atoms with Crippen LogP contribution in [0.15, 0.2) is 36.7 Å². The topological polar surface area (TPSA) is 87.5 Å². The molecule has 0 bridgehead atoms. The van der Waals surface area contributed by atoms with Crippen molar-refractivity contribution >= 4 is 29.3 Å². The Bertz CT molecular complexity index is 732. The summed E-state index contributed by atoms with van der Waals surface area (Å²) in [7, 11) is 0. The molecule has 2 heterocycles.